The SMILES string of the molecule is COC(=O)c1ccccc1OC[C@@H](CCCc1ccccc1)C(O[Si](C)(C)C(C)(C)C)c1cc(OC)c(C)c(OC)c1. The van der Waals surface area contributed by atoms with Crippen molar-refractivity contribution in [1.82, 2.24) is 0 Å². The Labute approximate surface area is 253 Å². The summed E-state index contributed by atoms with van der Waals surface area (Å²) >= 11 is 0. The average molecular weight is 593 g/mol. The van der Waals surface area contributed by atoms with Gasteiger partial charge in [0.15, 0.2) is 8.32 Å². The van der Waals surface area contributed by atoms with Gasteiger partial charge in [0.25, 0.3) is 0 Å². The molecule has 3 aromatic rings. The zero-order valence-electron chi connectivity index (χ0n) is 26.8. The van der Waals surface area contributed by atoms with Crippen molar-refractivity contribution in [2.24, 2.45) is 5.92 Å². The van der Waals surface area contributed by atoms with E-state index in [-0.39, 0.29) is 17.1 Å². The van der Waals surface area contributed by atoms with Gasteiger partial charge in [0, 0.05) is 11.5 Å². The molecule has 7 heteroatoms. The summed E-state index contributed by atoms with van der Waals surface area (Å²) in [5.74, 6) is 1.57. The summed E-state index contributed by atoms with van der Waals surface area (Å²) in [5, 5.41) is -0.00293. The third-order valence-electron chi connectivity index (χ3n) is 8.39. The van der Waals surface area contributed by atoms with Gasteiger partial charge in [-0.05, 0) is 79.7 Å². The fourth-order valence-electron chi connectivity index (χ4n) is 4.80. The number of hydrogen-bond donors (Lipinski definition) is 0. The van der Waals surface area contributed by atoms with Crippen molar-refractivity contribution in [3.8, 4) is 17.2 Å². The lowest BCUT2D eigenvalue weighted by Crippen LogP contribution is -2.43. The van der Waals surface area contributed by atoms with E-state index in [0.717, 1.165) is 41.9 Å². The van der Waals surface area contributed by atoms with E-state index >= 15 is 0 Å². The molecule has 3 aromatic carbocycles. The van der Waals surface area contributed by atoms with Crippen LogP contribution >= 0.6 is 0 Å². The highest BCUT2D eigenvalue weighted by Gasteiger charge is 2.41. The standard InChI is InChI=1S/C35H48O6Si/c1-25-31(37-5)22-28(23-32(25)38-6)33(41-42(8,9)35(2,3)4)27(19-15-18-26-16-11-10-12-17-26)24-40-30-21-14-13-20-29(30)34(36)39-7/h10-14,16-17,20-23,27,33H,15,18-19,24H2,1-9H3/t27-,33?/m1/s1. The number of methoxy groups -OCH3 is 3. The lowest BCUT2D eigenvalue weighted by molar-refractivity contribution is 0.0584. The van der Waals surface area contributed by atoms with Gasteiger partial charge in [-0.2, -0.15) is 0 Å². The number of rotatable bonds is 14. The highest BCUT2D eigenvalue weighted by molar-refractivity contribution is 6.74. The highest BCUT2D eigenvalue weighted by atomic mass is 28.4. The lowest BCUT2D eigenvalue weighted by atomic mass is 9.90. The van der Waals surface area contributed by atoms with Crippen LogP contribution in [-0.2, 0) is 15.6 Å². The number of hydrogen-bond acceptors (Lipinski definition) is 6. The normalized spacial score (nSPS) is 13.3. The molecule has 0 heterocycles. The summed E-state index contributed by atoms with van der Waals surface area (Å²) in [6.07, 6.45) is 2.47. The zero-order valence-corrected chi connectivity index (χ0v) is 27.8. The molecule has 2 atom stereocenters. The first-order valence-electron chi connectivity index (χ1n) is 14.7. The van der Waals surface area contributed by atoms with Gasteiger partial charge in [-0.25, -0.2) is 4.79 Å². The number of carbonyl (C=O) groups is 1. The van der Waals surface area contributed by atoms with Gasteiger partial charge in [-0.1, -0.05) is 63.2 Å². The molecule has 0 amide bonds. The summed E-state index contributed by atoms with van der Waals surface area (Å²) < 4.78 is 30.2. The third-order valence-corrected chi connectivity index (χ3v) is 12.8. The van der Waals surface area contributed by atoms with E-state index < -0.39 is 14.3 Å². The van der Waals surface area contributed by atoms with Gasteiger partial charge >= 0.3 is 5.97 Å². The smallest absolute Gasteiger partial charge is 0.341 e. The second-order valence-electron chi connectivity index (χ2n) is 12.3. The van der Waals surface area contributed by atoms with Crippen LogP contribution < -0.4 is 14.2 Å². The van der Waals surface area contributed by atoms with Crippen molar-refractivity contribution in [3.63, 3.8) is 0 Å². The van der Waals surface area contributed by atoms with Crippen molar-refractivity contribution >= 4 is 14.3 Å². The zero-order chi connectivity index (χ0) is 30.9. The number of carbonyl (C=O) groups excluding carboxylic acids is 1. The van der Waals surface area contributed by atoms with Crippen molar-refractivity contribution < 1.29 is 28.2 Å². The van der Waals surface area contributed by atoms with Gasteiger partial charge in [0.1, 0.15) is 22.8 Å². The summed E-state index contributed by atoms with van der Waals surface area (Å²) in [6.45, 7) is 13.7. The van der Waals surface area contributed by atoms with Gasteiger partial charge in [0.2, 0.25) is 0 Å². The highest BCUT2D eigenvalue weighted by Crippen LogP contribution is 2.44. The fourth-order valence-corrected chi connectivity index (χ4v) is 6.12. The molecule has 42 heavy (non-hydrogen) atoms. The molecular weight excluding hydrogens is 544 g/mol. The minimum Gasteiger partial charge on any atom is -0.496 e. The second-order valence-corrected chi connectivity index (χ2v) is 17.0. The van der Waals surface area contributed by atoms with Crippen LogP contribution in [0.5, 0.6) is 17.2 Å². The summed E-state index contributed by atoms with van der Waals surface area (Å²) in [6, 6.07) is 21.9. The van der Waals surface area contributed by atoms with Crippen LogP contribution in [0, 0.1) is 12.8 Å². The Morgan fingerprint density at radius 1 is 0.857 bits per heavy atom. The predicted octanol–water partition coefficient (Wildman–Crippen LogP) is 8.58. The van der Waals surface area contributed by atoms with E-state index in [4.69, 9.17) is 23.4 Å². The van der Waals surface area contributed by atoms with E-state index in [1.54, 1.807) is 20.3 Å². The van der Waals surface area contributed by atoms with Crippen LogP contribution in [0.15, 0.2) is 66.7 Å². The third kappa shape index (κ3) is 8.39. The maximum absolute atomic E-state index is 12.5. The minimum atomic E-state index is -2.24. The van der Waals surface area contributed by atoms with Crippen LogP contribution in [0.3, 0.4) is 0 Å². The van der Waals surface area contributed by atoms with Gasteiger partial charge in [-0.15, -0.1) is 0 Å². The first kappa shape index (κ1) is 33.2. The molecule has 0 saturated carbocycles. The summed E-state index contributed by atoms with van der Waals surface area (Å²) in [5.41, 5.74) is 3.64. The van der Waals surface area contributed by atoms with Crippen LogP contribution in [0.25, 0.3) is 0 Å². The molecular formula is C35H48O6Si. The Morgan fingerprint density at radius 2 is 1.45 bits per heavy atom. The fraction of sp³-hybridized carbons (Fsp3) is 0.457. The number of esters is 1. The Balaban J connectivity index is 2.06. The maximum atomic E-state index is 12.5. The molecule has 0 N–H and O–H groups in total. The van der Waals surface area contributed by atoms with Crippen molar-refractivity contribution in [1.29, 1.82) is 0 Å². The molecule has 0 radical (unpaired) electrons. The van der Waals surface area contributed by atoms with E-state index in [9.17, 15) is 4.79 Å². The van der Waals surface area contributed by atoms with Crippen LogP contribution in [-0.4, -0.2) is 42.2 Å². The van der Waals surface area contributed by atoms with E-state index in [1.165, 1.54) is 12.7 Å². The quantitative estimate of drug-likeness (QED) is 0.138. The molecule has 0 aromatic heterocycles. The van der Waals surface area contributed by atoms with Crippen LogP contribution in [0.2, 0.25) is 18.1 Å². The van der Waals surface area contributed by atoms with E-state index in [2.05, 4.69) is 70.3 Å². The molecule has 0 aliphatic rings. The number of para-hydroxylation sites is 1. The molecule has 0 fully saturated rings. The molecule has 6 nitrogen and oxygen atoms in total. The Bertz CT molecular complexity index is 1270. The Kier molecular flexibility index (Phi) is 11.7. The van der Waals surface area contributed by atoms with Crippen LogP contribution in [0.4, 0.5) is 0 Å². The number of aryl methyl sites for hydroxylation is 1. The van der Waals surface area contributed by atoms with Gasteiger partial charge < -0.3 is 23.4 Å². The monoisotopic (exact) mass is 592 g/mol. The predicted molar refractivity (Wildman–Crippen MR) is 171 cm³/mol. The molecule has 228 valence electrons. The number of benzene rings is 3. The first-order chi connectivity index (χ1) is 19.9. The summed E-state index contributed by atoms with van der Waals surface area (Å²) in [7, 11) is 2.50. The van der Waals surface area contributed by atoms with Crippen LogP contribution in [0.1, 0.15) is 66.8 Å². The lowest BCUT2D eigenvalue weighted by Gasteiger charge is -2.42. The van der Waals surface area contributed by atoms with Crippen molar-refractivity contribution in [2.45, 2.75) is 71.2 Å². The topological polar surface area (TPSA) is 63.2 Å². The largest absolute Gasteiger partial charge is 0.496 e. The molecule has 0 aliphatic heterocycles. The summed E-state index contributed by atoms with van der Waals surface area (Å²) in [4.78, 5) is 12.5. The van der Waals surface area contributed by atoms with E-state index in [0.29, 0.717) is 17.9 Å². The van der Waals surface area contributed by atoms with E-state index in [1.807, 2.05) is 31.2 Å². The van der Waals surface area contributed by atoms with Crippen molar-refractivity contribution in [3.05, 3.63) is 89.0 Å². The average Bonchev–Trinajstić information content (AvgIpc) is 2.97. The van der Waals surface area contributed by atoms with Crippen molar-refractivity contribution in [2.75, 3.05) is 27.9 Å². The van der Waals surface area contributed by atoms with Gasteiger partial charge in [-0.3, -0.25) is 0 Å². The minimum absolute atomic E-state index is 0.00293. The molecule has 3 rings (SSSR count). The van der Waals surface area contributed by atoms with Gasteiger partial charge in [0.05, 0.1) is 34.0 Å². The maximum Gasteiger partial charge on any atom is 0.341 e. The molecule has 1 unspecified atom stereocenters. The Hall–Kier alpha value is -3.29. The molecule has 0 saturated heterocycles. The Morgan fingerprint density at radius 3 is 2.02 bits per heavy atom. The molecule has 0 aliphatic carbocycles. The molecule has 0 spiro atoms. The second kappa shape index (κ2) is 14.7. The molecule has 0 bridgehead atoms. The number of ether oxygens (including phenoxy) is 4. The first-order valence-corrected chi connectivity index (χ1v) is 17.6.